The lowest BCUT2D eigenvalue weighted by Crippen LogP contribution is -2.19. The van der Waals surface area contributed by atoms with Gasteiger partial charge in [0, 0.05) is 6.54 Å². The molecule has 5 heteroatoms. The molecule has 4 nitrogen and oxygen atoms in total. The van der Waals surface area contributed by atoms with Crippen LogP contribution in [0.4, 0.5) is 4.79 Å². The summed E-state index contributed by atoms with van der Waals surface area (Å²) in [6, 6.07) is 3.82. The van der Waals surface area contributed by atoms with Crippen molar-refractivity contribution in [3.8, 4) is 11.5 Å². The van der Waals surface area contributed by atoms with Crippen LogP contribution in [-0.2, 0) is 6.42 Å². The molecule has 1 N–H and O–H groups in total. The van der Waals surface area contributed by atoms with Crippen LogP contribution in [0.3, 0.4) is 0 Å². The Morgan fingerprint density at radius 1 is 1.29 bits per heavy atom. The van der Waals surface area contributed by atoms with Crippen molar-refractivity contribution in [2.24, 2.45) is 0 Å². The number of hydrogen-bond acceptors (Lipinski definition) is 3. The van der Waals surface area contributed by atoms with Crippen LogP contribution in [0.5, 0.6) is 11.5 Å². The summed E-state index contributed by atoms with van der Waals surface area (Å²) in [5.41, 5.74) is 1.98. The summed E-state index contributed by atoms with van der Waals surface area (Å²) < 4.78 is 10.5. The second-order valence-corrected chi connectivity index (χ2v) is 3.93. The average Bonchev–Trinajstić information content (AvgIpc) is 2.30. The maximum Gasteiger partial charge on any atom is 0.313 e. The minimum absolute atomic E-state index is 0.463. The molecule has 0 bridgehead atoms. The highest BCUT2D eigenvalue weighted by Gasteiger charge is 2.08. The summed E-state index contributed by atoms with van der Waals surface area (Å²) in [6.45, 7) is 2.41. The zero-order valence-corrected chi connectivity index (χ0v) is 10.9. The van der Waals surface area contributed by atoms with Crippen molar-refractivity contribution in [1.82, 2.24) is 5.32 Å². The Balaban J connectivity index is 2.84. The predicted octanol–water partition coefficient (Wildman–Crippen LogP) is 2.50. The highest BCUT2D eigenvalue weighted by Crippen LogP contribution is 2.28. The monoisotopic (exact) mass is 257 g/mol. The molecule has 0 aromatic heterocycles. The lowest BCUT2D eigenvalue weighted by Gasteiger charge is -2.12. The molecule has 0 fully saturated rings. The molecule has 0 spiro atoms. The molecule has 0 saturated carbocycles. The molecule has 94 valence electrons. The van der Waals surface area contributed by atoms with Gasteiger partial charge in [-0.15, -0.1) is 0 Å². The first kappa shape index (κ1) is 13.6. The van der Waals surface area contributed by atoms with E-state index in [1.807, 2.05) is 19.1 Å². The van der Waals surface area contributed by atoms with E-state index in [1.54, 1.807) is 14.2 Å². The fraction of sp³-hybridized carbons (Fsp3) is 0.417. The molecule has 0 atom stereocenters. The van der Waals surface area contributed by atoms with Gasteiger partial charge in [-0.2, -0.15) is 0 Å². The topological polar surface area (TPSA) is 47.6 Å². The summed E-state index contributed by atoms with van der Waals surface area (Å²) in [7, 11) is 3.24. The van der Waals surface area contributed by atoms with Crippen LogP contribution in [0.15, 0.2) is 12.1 Å². The Bertz CT molecular complexity index is 407. The van der Waals surface area contributed by atoms with E-state index in [-0.39, 0.29) is 0 Å². The minimum atomic E-state index is -0.553. The van der Waals surface area contributed by atoms with Crippen molar-refractivity contribution in [2.75, 3.05) is 20.8 Å². The lowest BCUT2D eigenvalue weighted by atomic mass is 10.1. The van der Waals surface area contributed by atoms with Crippen molar-refractivity contribution < 1.29 is 14.3 Å². The fourth-order valence-corrected chi connectivity index (χ4v) is 1.70. The molecule has 1 aromatic carbocycles. The maximum absolute atomic E-state index is 10.6. The Kier molecular flexibility index (Phi) is 5.10. The molecule has 0 aliphatic carbocycles. The van der Waals surface area contributed by atoms with Gasteiger partial charge in [0.2, 0.25) is 0 Å². The van der Waals surface area contributed by atoms with E-state index in [2.05, 4.69) is 5.32 Å². The highest BCUT2D eigenvalue weighted by molar-refractivity contribution is 6.62. The molecule has 0 heterocycles. The molecule has 0 unspecified atom stereocenters. The van der Waals surface area contributed by atoms with Crippen LogP contribution >= 0.6 is 11.6 Å². The van der Waals surface area contributed by atoms with Crippen molar-refractivity contribution in [2.45, 2.75) is 13.3 Å². The second kappa shape index (κ2) is 6.35. The molecule has 1 amide bonds. The first-order valence-corrected chi connectivity index (χ1v) is 5.61. The zero-order valence-electron chi connectivity index (χ0n) is 10.2. The number of amides is 1. The number of aryl methyl sites for hydroxylation is 1. The number of hydrogen-bond donors (Lipinski definition) is 1. The normalized spacial score (nSPS) is 9.88. The van der Waals surface area contributed by atoms with E-state index < -0.39 is 5.37 Å². The van der Waals surface area contributed by atoms with Gasteiger partial charge in [-0.25, -0.2) is 0 Å². The molecule has 0 aliphatic rings. The standard InChI is InChI=1S/C12H16ClNO3/c1-8-6-11(17-3)9(7-10(8)16-2)4-5-14-12(13)15/h6-7H,4-5H2,1-3H3,(H,14,15). The number of rotatable bonds is 5. The largest absolute Gasteiger partial charge is 0.496 e. The van der Waals surface area contributed by atoms with Gasteiger partial charge in [-0.3, -0.25) is 4.79 Å². The van der Waals surface area contributed by atoms with Crippen molar-refractivity contribution in [3.63, 3.8) is 0 Å². The summed E-state index contributed by atoms with van der Waals surface area (Å²) in [6.07, 6.45) is 0.637. The zero-order chi connectivity index (χ0) is 12.8. The summed E-state index contributed by atoms with van der Waals surface area (Å²) in [5.74, 6) is 1.59. The molecule has 17 heavy (non-hydrogen) atoms. The molecule has 0 radical (unpaired) electrons. The number of ether oxygens (including phenoxy) is 2. The van der Waals surface area contributed by atoms with Gasteiger partial charge in [0.25, 0.3) is 0 Å². The summed E-state index contributed by atoms with van der Waals surface area (Å²) in [4.78, 5) is 10.6. The van der Waals surface area contributed by atoms with Gasteiger partial charge < -0.3 is 14.8 Å². The van der Waals surface area contributed by atoms with Crippen LogP contribution in [0.2, 0.25) is 0 Å². The second-order valence-electron chi connectivity index (χ2n) is 3.58. The molecule has 0 saturated heterocycles. The van der Waals surface area contributed by atoms with Gasteiger partial charge in [-0.1, -0.05) is 0 Å². The number of nitrogens with one attached hydrogen (secondary N) is 1. The Hall–Kier alpha value is -1.42. The number of carbonyl (C=O) groups is 1. The predicted molar refractivity (Wildman–Crippen MR) is 67.2 cm³/mol. The van der Waals surface area contributed by atoms with Crippen LogP contribution in [0.1, 0.15) is 11.1 Å². The Morgan fingerprint density at radius 3 is 2.47 bits per heavy atom. The van der Waals surface area contributed by atoms with Gasteiger partial charge in [-0.05, 0) is 48.2 Å². The van der Waals surface area contributed by atoms with Crippen LogP contribution < -0.4 is 14.8 Å². The van der Waals surface area contributed by atoms with Gasteiger partial charge >= 0.3 is 5.37 Å². The van der Waals surface area contributed by atoms with Crippen LogP contribution in [0, 0.1) is 6.92 Å². The Morgan fingerprint density at radius 2 is 1.94 bits per heavy atom. The maximum atomic E-state index is 10.6. The first-order chi connectivity index (χ1) is 8.08. The summed E-state index contributed by atoms with van der Waals surface area (Å²) in [5, 5.41) is 1.97. The quantitative estimate of drug-likeness (QED) is 0.651. The van der Waals surface area contributed by atoms with E-state index >= 15 is 0 Å². The Labute approximate surface area is 106 Å². The summed E-state index contributed by atoms with van der Waals surface area (Å²) >= 11 is 5.20. The van der Waals surface area contributed by atoms with E-state index in [1.165, 1.54) is 0 Å². The van der Waals surface area contributed by atoms with Gasteiger partial charge in [0.1, 0.15) is 11.5 Å². The molecule has 1 aromatic rings. The minimum Gasteiger partial charge on any atom is -0.496 e. The van der Waals surface area contributed by atoms with Crippen LogP contribution in [0.25, 0.3) is 0 Å². The lowest BCUT2D eigenvalue weighted by molar-refractivity contribution is 0.260. The molecular weight excluding hydrogens is 242 g/mol. The molecule has 1 rings (SSSR count). The van der Waals surface area contributed by atoms with Crippen LogP contribution in [-0.4, -0.2) is 26.1 Å². The third-order valence-corrected chi connectivity index (χ3v) is 2.59. The van der Waals surface area contributed by atoms with Gasteiger partial charge in [0.15, 0.2) is 0 Å². The first-order valence-electron chi connectivity index (χ1n) is 5.23. The van der Waals surface area contributed by atoms with Crippen molar-refractivity contribution in [1.29, 1.82) is 0 Å². The molecular formula is C12H16ClNO3. The third kappa shape index (κ3) is 3.82. The van der Waals surface area contributed by atoms with E-state index in [0.29, 0.717) is 13.0 Å². The highest BCUT2D eigenvalue weighted by atomic mass is 35.5. The third-order valence-electron chi connectivity index (χ3n) is 2.46. The number of halogens is 1. The SMILES string of the molecule is COc1cc(CCNC(=O)Cl)c(OC)cc1C. The average molecular weight is 258 g/mol. The number of carbonyl (C=O) groups excluding carboxylic acids is 1. The van der Waals surface area contributed by atoms with Gasteiger partial charge in [0.05, 0.1) is 14.2 Å². The van der Waals surface area contributed by atoms with Crippen molar-refractivity contribution >= 4 is 17.0 Å². The smallest absolute Gasteiger partial charge is 0.313 e. The fourth-order valence-electron chi connectivity index (χ4n) is 1.60. The van der Waals surface area contributed by atoms with E-state index in [4.69, 9.17) is 21.1 Å². The van der Waals surface area contributed by atoms with Crippen molar-refractivity contribution in [3.05, 3.63) is 23.3 Å². The molecule has 0 aliphatic heterocycles. The number of benzene rings is 1. The number of methoxy groups -OCH3 is 2. The van der Waals surface area contributed by atoms with E-state index in [0.717, 1.165) is 22.6 Å². The van der Waals surface area contributed by atoms with E-state index in [9.17, 15) is 4.79 Å².